The second kappa shape index (κ2) is 3.30. The maximum Gasteiger partial charge on any atom is 0.310 e. The van der Waals surface area contributed by atoms with Gasteiger partial charge in [-0.15, -0.1) is 0 Å². The van der Waals surface area contributed by atoms with Crippen LogP contribution in [0.3, 0.4) is 0 Å². The number of hydrogen-bond acceptors (Lipinski definition) is 3. The minimum atomic E-state index is -0.419. The number of carbonyl (C=O) groups excluding carboxylic acids is 1. The summed E-state index contributed by atoms with van der Waals surface area (Å²) in [5.74, 6) is 0.273. The van der Waals surface area contributed by atoms with Crippen molar-refractivity contribution in [2.45, 2.75) is 31.8 Å². The Balaban J connectivity index is 2.07. The van der Waals surface area contributed by atoms with Gasteiger partial charge in [0.25, 0.3) is 0 Å². The first-order chi connectivity index (χ1) is 7.74. The van der Waals surface area contributed by atoms with Gasteiger partial charge in [-0.25, -0.2) is 0 Å². The smallest absolute Gasteiger partial charge is 0.310 e. The van der Waals surface area contributed by atoms with Crippen molar-refractivity contribution in [2.24, 2.45) is 11.8 Å². The van der Waals surface area contributed by atoms with Crippen LogP contribution in [0.2, 0.25) is 0 Å². The Morgan fingerprint density at radius 1 is 1.50 bits per heavy atom. The summed E-state index contributed by atoms with van der Waals surface area (Å²) in [6.07, 6.45) is 4.89. The number of pyridine rings is 1. The lowest BCUT2D eigenvalue weighted by Gasteiger charge is -2.27. The van der Waals surface area contributed by atoms with Gasteiger partial charge in [-0.05, 0) is 31.4 Å². The molecule has 0 radical (unpaired) electrons. The molecule has 3 rings (SSSR count). The molecule has 1 aromatic heterocycles. The molecule has 3 unspecified atom stereocenters. The van der Waals surface area contributed by atoms with E-state index in [0.717, 1.165) is 25.0 Å². The summed E-state index contributed by atoms with van der Waals surface area (Å²) in [5, 5.41) is 0. The highest BCUT2D eigenvalue weighted by molar-refractivity contribution is 5.76. The van der Waals surface area contributed by atoms with Crippen molar-refractivity contribution in [1.29, 1.82) is 0 Å². The van der Waals surface area contributed by atoms with Gasteiger partial charge in [-0.3, -0.25) is 9.78 Å². The SMILES string of the molecule is CC1C(=O)OC2(c3ccccn3)CCCC12. The first-order valence-corrected chi connectivity index (χ1v) is 5.88. The predicted octanol–water partition coefficient (Wildman–Crippen LogP) is 2.27. The lowest BCUT2D eigenvalue weighted by molar-refractivity contribution is -0.151. The molecule has 1 aliphatic heterocycles. The van der Waals surface area contributed by atoms with Gasteiger partial charge in [0.1, 0.15) is 0 Å². The topological polar surface area (TPSA) is 39.2 Å². The number of ether oxygens (including phenoxy) is 1. The summed E-state index contributed by atoms with van der Waals surface area (Å²) < 4.78 is 5.67. The fraction of sp³-hybridized carbons (Fsp3) is 0.538. The van der Waals surface area contributed by atoms with E-state index < -0.39 is 5.60 Å². The molecule has 3 nitrogen and oxygen atoms in total. The largest absolute Gasteiger partial charge is 0.452 e. The number of rotatable bonds is 1. The van der Waals surface area contributed by atoms with E-state index in [1.807, 2.05) is 25.1 Å². The molecule has 2 aliphatic rings. The molecule has 16 heavy (non-hydrogen) atoms. The van der Waals surface area contributed by atoms with Crippen molar-refractivity contribution in [2.75, 3.05) is 0 Å². The Kier molecular flexibility index (Phi) is 2.03. The highest BCUT2D eigenvalue weighted by atomic mass is 16.6. The van der Waals surface area contributed by atoms with Crippen LogP contribution in [-0.4, -0.2) is 11.0 Å². The lowest BCUT2D eigenvalue weighted by atomic mass is 9.82. The average molecular weight is 217 g/mol. The Hall–Kier alpha value is -1.38. The zero-order valence-corrected chi connectivity index (χ0v) is 9.35. The zero-order chi connectivity index (χ0) is 11.2. The van der Waals surface area contributed by atoms with Crippen molar-refractivity contribution in [3.8, 4) is 0 Å². The maximum absolute atomic E-state index is 11.7. The second-order valence-corrected chi connectivity index (χ2v) is 4.81. The third kappa shape index (κ3) is 1.14. The summed E-state index contributed by atoms with van der Waals surface area (Å²) in [6, 6.07) is 5.83. The van der Waals surface area contributed by atoms with E-state index in [9.17, 15) is 4.79 Å². The number of esters is 1. The number of nitrogens with zero attached hydrogens (tertiary/aromatic N) is 1. The number of carbonyl (C=O) groups is 1. The van der Waals surface area contributed by atoms with Gasteiger partial charge >= 0.3 is 5.97 Å². The van der Waals surface area contributed by atoms with Gasteiger partial charge in [0.05, 0.1) is 11.6 Å². The van der Waals surface area contributed by atoms with Crippen LogP contribution >= 0.6 is 0 Å². The monoisotopic (exact) mass is 217 g/mol. The molecule has 0 amide bonds. The van der Waals surface area contributed by atoms with Crippen LogP contribution in [-0.2, 0) is 15.1 Å². The van der Waals surface area contributed by atoms with Crippen molar-refractivity contribution < 1.29 is 9.53 Å². The summed E-state index contributed by atoms with van der Waals surface area (Å²) in [5.41, 5.74) is 0.507. The van der Waals surface area contributed by atoms with Crippen molar-refractivity contribution in [3.63, 3.8) is 0 Å². The van der Waals surface area contributed by atoms with Crippen LogP contribution in [0, 0.1) is 11.8 Å². The van der Waals surface area contributed by atoms with Gasteiger partial charge in [-0.2, -0.15) is 0 Å². The summed E-state index contributed by atoms with van der Waals surface area (Å²) in [4.78, 5) is 16.1. The fourth-order valence-corrected chi connectivity index (χ4v) is 3.20. The molecule has 0 spiro atoms. The maximum atomic E-state index is 11.7. The number of hydrogen-bond donors (Lipinski definition) is 0. The Labute approximate surface area is 94.8 Å². The van der Waals surface area contributed by atoms with Gasteiger partial charge in [-0.1, -0.05) is 13.0 Å². The van der Waals surface area contributed by atoms with Gasteiger partial charge in [0, 0.05) is 12.1 Å². The minimum Gasteiger partial charge on any atom is -0.452 e. The van der Waals surface area contributed by atoms with E-state index in [0.29, 0.717) is 5.92 Å². The van der Waals surface area contributed by atoms with Crippen molar-refractivity contribution in [3.05, 3.63) is 30.1 Å². The van der Waals surface area contributed by atoms with E-state index in [1.165, 1.54) is 0 Å². The first-order valence-electron chi connectivity index (χ1n) is 5.88. The Morgan fingerprint density at radius 3 is 3.12 bits per heavy atom. The molecular weight excluding hydrogens is 202 g/mol. The van der Waals surface area contributed by atoms with Crippen LogP contribution in [0.25, 0.3) is 0 Å². The summed E-state index contributed by atoms with van der Waals surface area (Å²) >= 11 is 0. The van der Waals surface area contributed by atoms with E-state index in [4.69, 9.17) is 4.74 Å². The molecule has 3 heteroatoms. The van der Waals surface area contributed by atoms with Gasteiger partial charge in [0.15, 0.2) is 5.60 Å². The first kappa shape index (κ1) is 9.82. The quantitative estimate of drug-likeness (QED) is 0.677. The Morgan fingerprint density at radius 2 is 2.38 bits per heavy atom. The molecule has 1 saturated carbocycles. The molecule has 2 heterocycles. The van der Waals surface area contributed by atoms with Crippen molar-refractivity contribution in [1.82, 2.24) is 4.98 Å². The number of aromatic nitrogens is 1. The van der Waals surface area contributed by atoms with Crippen LogP contribution < -0.4 is 0 Å². The lowest BCUT2D eigenvalue weighted by Crippen LogP contribution is -2.29. The molecular formula is C13H15NO2. The predicted molar refractivity (Wildman–Crippen MR) is 58.5 cm³/mol. The molecule has 2 fully saturated rings. The van der Waals surface area contributed by atoms with Crippen molar-refractivity contribution >= 4 is 5.97 Å². The van der Waals surface area contributed by atoms with E-state index in [2.05, 4.69) is 4.98 Å². The minimum absolute atomic E-state index is 0.0181. The molecule has 1 aromatic rings. The Bertz CT molecular complexity index is 417. The molecule has 1 aliphatic carbocycles. The highest BCUT2D eigenvalue weighted by Gasteiger charge is 2.57. The third-order valence-electron chi connectivity index (χ3n) is 4.02. The van der Waals surface area contributed by atoms with Crippen LogP contribution in [0.4, 0.5) is 0 Å². The van der Waals surface area contributed by atoms with E-state index in [1.54, 1.807) is 6.20 Å². The highest BCUT2D eigenvalue weighted by Crippen LogP contribution is 2.54. The third-order valence-corrected chi connectivity index (χ3v) is 4.02. The normalized spacial score (nSPS) is 37.2. The van der Waals surface area contributed by atoms with E-state index >= 15 is 0 Å². The fourth-order valence-electron chi connectivity index (χ4n) is 3.20. The molecule has 84 valence electrons. The van der Waals surface area contributed by atoms with E-state index in [-0.39, 0.29) is 11.9 Å². The van der Waals surface area contributed by atoms with Crippen LogP contribution in [0.1, 0.15) is 31.9 Å². The molecule has 1 saturated heterocycles. The summed E-state index contributed by atoms with van der Waals surface area (Å²) in [6.45, 7) is 1.98. The van der Waals surface area contributed by atoms with Gasteiger partial charge in [0.2, 0.25) is 0 Å². The molecule has 0 N–H and O–H groups in total. The standard InChI is InChI=1S/C13H15NO2/c1-9-10-5-4-7-13(10,16-12(9)15)11-6-2-3-8-14-11/h2-3,6,8-10H,4-5,7H2,1H3. The van der Waals surface area contributed by atoms with Crippen LogP contribution in [0.15, 0.2) is 24.4 Å². The number of fused-ring (bicyclic) bond motifs is 1. The van der Waals surface area contributed by atoms with Gasteiger partial charge < -0.3 is 4.74 Å². The molecule has 0 bridgehead atoms. The average Bonchev–Trinajstić information content (AvgIpc) is 2.82. The summed E-state index contributed by atoms with van der Waals surface area (Å²) in [7, 11) is 0. The second-order valence-electron chi connectivity index (χ2n) is 4.81. The zero-order valence-electron chi connectivity index (χ0n) is 9.35. The molecule has 3 atom stereocenters. The van der Waals surface area contributed by atoms with Crippen LogP contribution in [0.5, 0.6) is 0 Å². The molecule has 0 aromatic carbocycles.